The molecule has 0 radical (unpaired) electrons. The SMILES string of the molecule is COC(=O)N1c2ccc(-c3csc(C4(O)CNC4)n3)c(OC3CCC3)c2CC[C@@H]1C. The van der Waals surface area contributed by atoms with Gasteiger partial charge in [-0.15, -0.1) is 11.3 Å². The summed E-state index contributed by atoms with van der Waals surface area (Å²) in [5, 5.41) is 16.5. The summed E-state index contributed by atoms with van der Waals surface area (Å²) in [5.41, 5.74) is 2.77. The number of fused-ring (bicyclic) bond motifs is 1. The first-order chi connectivity index (χ1) is 14.5. The summed E-state index contributed by atoms with van der Waals surface area (Å²) in [5.74, 6) is 0.827. The fourth-order valence-electron chi connectivity index (χ4n) is 4.30. The summed E-state index contributed by atoms with van der Waals surface area (Å²) in [6.45, 7) is 3.10. The van der Waals surface area contributed by atoms with Crippen LogP contribution >= 0.6 is 11.3 Å². The number of methoxy groups -OCH3 is 1. The first kappa shape index (κ1) is 19.8. The molecule has 0 bridgehead atoms. The molecule has 1 aliphatic carbocycles. The first-order valence-corrected chi connectivity index (χ1v) is 11.5. The van der Waals surface area contributed by atoms with E-state index in [1.54, 1.807) is 4.90 Å². The van der Waals surface area contributed by atoms with Crippen molar-refractivity contribution < 1.29 is 19.4 Å². The van der Waals surface area contributed by atoms with Gasteiger partial charge in [-0.1, -0.05) is 0 Å². The van der Waals surface area contributed by atoms with E-state index >= 15 is 0 Å². The highest BCUT2D eigenvalue weighted by Gasteiger charge is 2.40. The predicted molar refractivity (Wildman–Crippen MR) is 115 cm³/mol. The Labute approximate surface area is 180 Å². The van der Waals surface area contributed by atoms with Gasteiger partial charge in [-0.05, 0) is 51.2 Å². The molecule has 0 unspecified atom stereocenters. The van der Waals surface area contributed by atoms with E-state index in [2.05, 4.69) is 5.32 Å². The molecule has 1 saturated heterocycles. The van der Waals surface area contributed by atoms with E-state index in [4.69, 9.17) is 14.5 Å². The number of rotatable bonds is 4. The van der Waals surface area contributed by atoms with E-state index in [1.165, 1.54) is 24.9 Å². The number of carbonyl (C=O) groups is 1. The van der Waals surface area contributed by atoms with Gasteiger partial charge in [0.15, 0.2) is 0 Å². The Hall–Kier alpha value is -2.16. The van der Waals surface area contributed by atoms with Crippen molar-refractivity contribution in [3.05, 3.63) is 28.1 Å². The number of carbonyl (C=O) groups excluding carboxylic acids is 1. The van der Waals surface area contributed by atoms with Gasteiger partial charge in [-0.2, -0.15) is 0 Å². The summed E-state index contributed by atoms with van der Waals surface area (Å²) in [6.07, 6.45) is 4.83. The number of hydrogen-bond acceptors (Lipinski definition) is 7. The number of amides is 1. The molecule has 160 valence electrons. The van der Waals surface area contributed by atoms with Crippen molar-refractivity contribution in [1.82, 2.24) is 10.3 Å². The lowest BCUT2D eigenvalue weighted by atomic mass is 9.92. The van der Waals surface area contributed by atoms with Crippen molar-refractivity contribution in [1.29, 1.82) is 0 Å². The Kier molecular flexibility index (Phi) is 4.95. The molecule has 1 saturated carbocycles. The van der Waals surface area contributed by atoms with E-state index in [-0.39, 0.29) is 18.2 Å². The highest BCUT2D eigenvalue weighted by Crippen LogP contribution is 2.45. The number of β-amino-alcohol motifs (C(OH)–C–C–N with tert-alkyl or cyclic N) is 1. The van der Waals surface area contributed by atoms with Crippen LogP contribution in [0.25, 0.3) is 11.3 Å². The third-order valence-electron chi connectivity index (χ3n) is 6.47. The molecular weight excluding hydrogens is 402 g/mol. The topological polar surface area (TPSA) is 83.9 Å². The number of anilines is 1. The van der Waals surface area contributed by atoms with Crippen LogP contribution in [-0.4, -0.2) is 48.5 Å². The lowest BCUT2D eigenvalue weighted by Gasteiger charge is -2.37. The van der Waals surface area contributed by atoms with Gasteiger partial charge in [0, 0.05) is 35.6 Å². The molecule has 1 aromatic heterocycles. The summed E-state index contributed by atoms with van der Waals surface area (Å²) < 4.78 is 11.5. The number of ether oxygens (including phenoxy) is 2. The molecule has 1 atom stereocenters. The smallest absolute Gasteiger partial charge is 0.414 e. The zero-order valence-corrected chi connectivity index (χ0v) is 18.1. The Morgan fingerprint density at radius 1 is 1.33 bits per heavy atom. The Morgan fingerprint density at radius 3 is 2.77 bits per heavy atom. The summed E-state index contributed by atoms with van der Waals surface area (Å²) in [4.78, 5) is 19.0. The third-order valence-corrected chi connectivity index (χ3v) is 7.50. The molecule has 3 aliphatic rings. The molecule has 1 amide bonds. The van der Waals surface area contributed by atoms with Crippen LogP contribution in [0.5, 0.6) is 5.75 Å². The van der Waals surface area contributed by atoms with Crippen LogP contribution in [0.1, 0.15) is 43.2 Å². The summed E-state index contributed by atoms with van der Waals surface area (Å²) in [6, 6.07) is 4.03. The lowest BCUT2D eigenvalue weighted by Crippen LogP contribution is -2.56. The fraction of sp³-hybridized carbons (Fsp3) is 0.545. The Balaban J connectivity index is 1.58. The van der Waals surface area contributed by atoms with E-state index in [0.29, 0.717) is 13.1 Å². The quantitative estimate of drug-likeness (QED) is 0.775. The Bertz CT molecular complexity index is 967. The van der Waals surface area contributed by atoms with Crippen LogP contribution in [0.2, 0.25) is 0 Å². The predicted octanol–water partition coefficient (Wildman–Crippen LogP) is 3.44. The van der Waals surface area contributed by atoms with Gasteiger partial charge in [-0.25, -0.2) is 9.78 Å². The van der Waals surface area contributed by atoms with Gasteiger partial charge >= 0.3 is 6.09 Å². The number of nitrogens with one attached hydrogen (secondary N) is 1. The van der Waals surface area contributed by atoms with Crippen molar-refractivity contribution in [2.24, 2.45) is 0 Å². The number of aromatic nitrogens is 1. The largest absolute Gasteiger partial charge is 0.489 e. The molecule has 7 nitrogen and oxygen atoms in total. The average Bonchev–Trinajstić information content (AvgIpc) is 3.18. The molecule has 2 N–H and O–H groups in total. The minimum atomic E-state index is -0.872. The van der Waals surface area contributed by atoms with Crippen LogP contribution < -0.4 is 15.0 Å². The fourth-order valence-corrected chi connectivity index (χ4v) is 5.21. The minimum absolute atomic E-state index is 0.0681. The molecule has 3 heterocycles. The second-order valence-electron chi connectivity index (χ2n) is 8.51. The van der Waals surface area contributed by atoms with Gasteiger partial charge in [0.2, 0.25) is 0 Å². The number of hydrogen-bond donors (Lipinski definition) is 2. The number of benzene rings is 1. The van der Waals surface area contributed by atoms with E-state index in [9.17, 15) is 9.90 Å². The lowest BCUT2D eigenvalue weighted by molar-refractivity contribution is -0.0147. The molecule has 5 rings (SSSR count). The van der Waals surface area contributed by atoms with Crippen molar-refractivity contribution >= 4 is 23.1 Å². The zero-order chi connectivity index (χ0) is 20.9. The van der Waals surface area contributed by atoms with Crippen LogP contribution in [0.3, 0.4) is 0 Å². The molecule has 1 aromatic carbocycles. The number of nitrogens with zero attached hydrogens (tertiary/aromatic N) is 2. The molecule has 0 spiro atoms. The maximum absolute atomic E-state index is 12.5. The van der Waals surface area contributed by atoms with Gasteiger partial charge in [-0.3, -0.25) is 4.90 Å². The maximum atomic E-state index is 12.5. The molecular formula is C22H27N3O4S. The summed E-state index contributed by atoms with van der Waals surface area (Å²) in [7, 11) is 1.42. The van der Waals surface area contributed by atoms with E-state index in [1.807, 2.05) is 24.4 Å². The minimum Gasteiger partial charge on any atom is -0.489 e. The van der Waals surface area contributed by atoms with Crippen LogP contribution in [0, 0.1) is 0 Å². The van der Waals surface area contributed by atoms with Crippen LogP contribution in [0.15, 0.2) is 17.5 Å². The molecule has 8 heteroatoms. The van der Waals surface area contributed by atoms with Crippen molar-refractivity contribution in [2.75, 3.05) is 25.1 Å². The van der Waals surface area contributed by atoms with Crippen LogP contribution in [0.4, 0.5) is 10.5 Å². The van der Waals surface area contributed by atoms with Crippen molar-refractivity contribution in [2.45, 2.75) is 56.8 Å². The highest BCUT2D eigenvalue weighted by atomic mass is 32.1. The zero-order valence-electron chi connectivity index (χ0n) is 17.3. The second-order valence-corrected chi connectivity index (χ2v) is 9.37. The van der Waals surface area contributed by atoms with Crippen molar-refractivity contribution in [3.63, 3.8) is 0 Å². The molecule has 2 fully saturated rings. The Morgan fingerprint density at radius 2 is 2.13 bits per heavy atom. The molecule has 2 aromatic rings. The molecule has 30 heavy (non-hydrogen) atoms. The first-order valence-electron chi connectivity index (χ1n) is 10.6. The van der Waals surface area contributed by atoms with E-state index < -0.39 is 5.60 Å². The monoisotopic (exact) mass is 429 g/mol. The number of aliphatic hydroxyl groups is 1. The van der Waals surface area contributed by atoms with Gasteiger partial charge in [0.05, 0.1) is 24.6 Å². The number of thiazole rings is 1. The second kappa shape index (κ2) is 7.51. The van der Waals surface area contributed by atoms with Gasteiger partial charge < -0.3 is 19.9 Å². The third kappa shape index (κ3) is 3.18. The van der Waals surface area contributed by atoms with Gasteiger partial charge in [0.1, 0.15) is 16.4 Å². The standard InChI is InChI=1S/C22H27N3O4S/c1-13-6-7-16-18(25(13)21(26)28-2)9-8-15(19(16)29-14-4-3-5-14)17-10-30-20(24-17)22(27)11-23-12-22/h8-10,13-14,23,27H,3-7,11-12H2,1-2H3/t13-/m0/s1. The summed E-state index contributed by atoms with van der Waals surface area (Å²) >= 11 is 1.48. The maximum Gasteiger partial charge on any atom is 0.414 e. The van der Waals surface area contributed by atoms with Gasteiger partial charge in [0.25, 0.3) is 0 Å². The van der Waals surface area contributed by atoms with Crippen molar-refractivity contribution in [3.8, 4) is 17.0 Å². The molecule has 2 aliphatic heterocycles. The average molecular weight is 430 g/mol. The normalized spacial score (nSPS) is 22.6. The van der Waals surface area contributed by atoms with E-state index in [0.717, 1.165) is 58.9 Å². The highest BCUT2D eigenvalue weighted by molar-refractivity contribution is 7.10. The van der Waals surface area contributed by atoms with Crippen LogP contribution in [-0.2, 0) is 16.8 Å².